The maximum atomic E-state index is 3.79. The van der Waals surface area contributed by atoms with Crippen molar-refractivity contribution in [2.75, 3.05) is 7.05 Å². The molecular formula is C13H27N. The van der Waals surface area contributed by atoms with Crippen LogP contribution in [-0.4, -0.2) is 13.1 Å². The van der Waals surface area contributed by atoms with Gasteiger partial charge in [-0.3, -0.25) is 0 Å². The first kappa shape index (κ1) is 13.7. The molecule has 0 fully saturated rings. The minimum atomic E-state index is 0.450. The van der Waals surface area contributed by atoms with E-state index in [2.05, 4.69) is 39.6 Å². The van der Waals surface area contributed by atoms with Gasteiger partial charge in [-0.25, -0.2) is 0 Å². The first-order valence-corrected chi connectivity index (χ1v) is 5.67. The zero-order valence-corrected chi connectivity index (χ0v) is 10.6. The van der Waals surface area contributed by atoms with Crippen molar-refractivity contribution < 1.29 is 0 Å². The van der Waals surface area contributed by atoms with Gasteiger partial charge in [-0.15, -0.1) is 6.58 Å². The second kappa shape index (κ2) is 6.23. The lowest BCUT2D eigenvalue weighted by Gasteiger charge is -2.26. The molecule has 0 aromatic heterocycles. The van der Waals surface area contributed by atoms with E-state index >= 15 is 0 Å². The van der Waals surface area contributed by atoms with Crippen LogP contribution in [0.3, 0.4) is 0 Å². The molecule has 1 N–H and O–H groups in total. The molecule has 0 aromatic carbocycles. The zero-order valence-electron chi connectivity index (χ0n) is 10.6. The molecule has 0 amide bonds. The Morgan fingerprint density at radius 2 is 1.93 bits per heavy atom. The second-order valence-electron chi connectivity index (χ2n) is 5.62. The molecule has 1 heteroatoms. The molecule has 0 aliphatic rings. The molecule has 0 aliphatic carbocycles. The number of nitrogens with one attached hydrogen (secondary N) is 1. The van der Waals surface area contributed by atoms with Gasteiger partial charge in [0.25, 0.3) is 0 Å². The van der Waals surface area contributed by atoms with Gasteiger partial charge in [0, 0.05) is 6.04 Å². The average Bonchev–Trinajstić information content (AvgIpc) is 2.00. The second-order valence-corrected chi connectivity index (χ2v) is 5.62. The molecule has 0 aliphatic heterocycles. The Labute approximate surface area is 90.0 Å². The Kier molecular flexibility index (Phi) is 6.10. The summed E-state index contributed by atoms with van der Waals surface area (Å²) in [5.74, 6) is 0.785. The van der Waals surface area contributed by atoms with Crippen molar-refractivity contribution in [2.24, 2.45) is 11.3 Å². The summed E-state index contributed by atoms with van der Waals surface area (Å²) in [6, 6.07) is 0.602. The number of rotatable bonds is 6. The Morgan fingerprint density at radius 1 is 1.36 bits per heavy atom. The fraction of sp³-hybridized carbons (Fsp3) is 0.846. The highest BCUT2D eigenvalue weighted by atomic mass is 14.9. The molecule has 2 unspecified atom stereocenters. The van der Waals surface area contributed by atoms with Gasteiger partial charge < -0.3 is 5.32 Å². The van der Waals surface area contributed by atoms with E-state index in [4.69, 9.17) is 0 Å². The van der Waals surface area contributed by atoms with Crippen LogP contribution in [0, 0.1) is 11.3 Å². The highest BCUT2D eigenvalue weighted by Gasteiger charge is 2.17. The summed E-state index contributed by atoms with van der Waals surface area (Å²) < 4.78 is 0. The third kappa shape index (κ3) is 7.14. The molecule has 0 radical (unpaired) electrons. The maximum absolute atomic E-state index is 3.79. The summed E-state index contributed by atoms with van der Waals surface area (Å²) in [5, 5.41) is 3.35. The van der Waals surface area contributed by atoms with Crippen molar-refractivity contribution in [3.63, 3.8) is 0 Å². The lowest BCUT2D eigenvalue weighted by molar-refractivity contribution is 0.278. The van der Waals surface area contributed by atoms with Crippen molar-refractivity contribution in [1.29, 1.82) is 0 Å². The first-order valence-electron chi connectivity index (χ1n) is 5.67. The Hall–Kier alpha value is -0.300. The molecule has 2 atom stereocenters. The van der Waals surface area contributed by atoms with Gasteiger partial charge in [0.15, 0.2) is 0 Å². The van der Waals surface area contributed by atoms with Crippen molar-refractivity contribution in [1.82, 2.24) is 5.32 Å². The average molecular weight is 197 g/mol. The van der Waals surface area contributed by atoms with Gasteiger partial charge in [-0.1, -0.05) is 33.8 Å². The van der Waals surface area contributed by atoms with Crippen molar-refractivity contribution in [3.05, 3.63) is 12.7 Å². The van der Waals surface area contributed by atoms with Gasteiger partial charge in [-0.05, 0) is 37.6 Å². The smallest absolute Gasteiger partial charge is 0.0101 e. The van der Waals surface area contributed by atoms with E-state index in [0.29, 0.717) is 11.5 Å². The minimum Gasteiger partial charge on any atom is -0.317 e. The van der Waals surface area contributed by atoms with Gasteiger partial charge in [0.1, 0.15) is 0 Å². The topological polar surface area (TPSA) is 12.0 Å². The van der Waals surface area contributed by atoms with Crippen LogP contribution in [0.4, 0.5) is 0 Å². The number of hydrogen-bond acceptors (Lipinski definition) is 1. The van der Waals surface area contributed by atoms with Crippen molar-refractivity contribution in [2.45, 2.75) is 53.0 Å². The largest absolute Gasteiger partial charge is 0.317 e. The summed E-state index contributed by atoms with van der Waals surface area (Å²) in [6.07, 6.45) is 5.62. The first-order chi connectivity index (χ1) is 6.39. The van der Waals surface area contributed by atoms with E-state index < -0.39 is 0 Å². The van der Waals surface area contributed by atoms with Crippen LogP contribution >= 0.6 is 0 Å². The van der Waals surface area contributed by atoms with E-state index in [0.717, 1.165) is 12.3 Å². The lowest BCUT2D eigenvalue weighted by atomic mass is 9.82. The third-order valence-corrected chi connectivity index (χ3v) is 2.51. The highest BCUT2D eigenvalue weighted by molar-refractivity contribution is 4.79. The summed E-state index contributed by atoms with van der Waals surface area (Å²) in [6.45, 7) is 13.1. The van der Waals surface area contributed by atoms with Crippen LogP contribution in [0.1, 0.15) is 47.0 Å². The summed E-state index contributed by atoms with van der Waals surface area (Å²) in [5.41, 5.74) is 0.450. The van der Waals surface area contributed by atoms with E-state index in [1.807, 2.05) is 13.1 Å². The Balaban J connectivity index is 3.89. The zero-order chi connectivity index (χ0) is 11.2. The molecule has 0 saturated heterocycles. The molecule has 0 aromatic rings. The quantitative estimate of drug-likeness (QED) is 0.641. The predicted octanol–water partition coefficient (Wildman–Crippen LogP) is 3.61. The van der Waals surface area contributed by atoms with Crippen LogP contribution in [0.2, 0.25) is 0 Å². The highest BCUT2D eigenvalue weighted by Crippen LogP contribution is 2.27. The SMILES string of the molecule is C=CCC(CC(C)CC(C)(C)C)NC. The van der Waals surface area contributed by atoms with E-state index in [-0.39, 0.29) is 0 Å². The van der Waals surface area contributed by atoms with E-state index in [1.54, 1.807) is 0 Å². The Bertz CT molecular complexity index is 155. The van der Waals surface area contributed by atoms with Crippen LogP contribution in [-0.2, 0) is 0 Å². The van der Waals surface area contributed by atoms with Crippen molar-refractivity contribution >= 4 is 0 Å². The van der Waals surface area contributed by atoms with E-state index in [1.165, 1.54) is 12.8 Å². The van der Waals surface area contributed by atoms with Gasteiger partial charge in [0.2, 0.25) is 0 Å². The normalized spacial score (nSPS) is 16.4. The van der Waals surface area contributed by atoms with Crippen LogP contribution < -0.4 is 5.32 Å². The van der Waals surface area contributed by atoms with Crippen molar-refractivity contribution in [3.8, 4) is 0 Å². The summed E-state index contributed by atoms with van der Waals surface area (Å²) in [4.78, 5) is 0. The molecule has 0 spiro atoms. The molecule has 0 bridgehead atoms. The molecule has 0 heterocycles. The van der Waals surface area contributed by atoms with Gasteiger partial charge in [0.05, 0.1) is 0 Å². The van der Waals surface area contributed by atoms with E-state index in [9.17, 15) is 0 Å². The fourth-order valence-electron chi connectivity index (χ4n) is 2.15. The maximum Gasteiger partial charge on any atom is 0.0101 e. The van der Waals surface area contributed by atoms with Crippen LogP contribution in [0.5, 0.6) is 0 Å². The van der Waals surface area contributed by atoms with Crippen LogP contribution in [0.15, 0.2) is 12.7 Å². The third-order valence-electron chi connectivity index (χ3n) is 2.51. The molecular weight excluding hydrogens is 170 g/mol. The molecule has 1 nitrogen and oxygen atoms in total. The molecule has 84 valence electrons. The minimum absolute atomic E-state index is 0.450. The van der Waals surface area contributed by atoms with Gasteiger partial charge in [-0.2, -0.15) is 0 Å². The van der Waals surface area contributed by atoms with Crippen LogP contribution in [0.25, 0.3) is 0 Å². The standard InChI is InChI=1S/C13H27N/c1-7-8-12(14-6)9-11(2)10-13(3,4)5/h7,11-12,14H,1,8-10H2,2-6H3. The lowest BCUT2D eigenvalue weighted by Crippen LogP contribution is -2.27. The summed E-state index contributed by atoms with van der Waals surface area (Å²) >= 11 is 0. The fourth-order valence-corrected chi connectivity index (χ4v) is 2.15. The number of hydrogen-bond donors (Lipinski definition) is 1. The monoisotopic (exact) mass is 197 g/mol. The predicted molar refractivity (Wildman–Crippen MR) is 65.5 cm³/mol. The molecule has 0 rings (SSSR count). The summed E-state index contributed by atoms with van der Waals surface area (Å²) in [7, 11) is 2.04. The Morgan fingerprint density at radius 3 is 2.29 bits per heavy atom. The van der Waals surface area contributed by atoms with Gasteiger partial charge >= 0.3 is 0 Å². The molecule has 0 saturated carbocycles. The molecule has 14 heavy (non-hydrogen) atoms.